The summed E-state index contributed by atoms with van der Waals surface area (Å²) in [6.07, 6.45) is 3.89. The van der Waals surface area contributed by atoms with Gasteiger partial charge in [-0.1, -0.05) is 0 Å². The highest BCUT2D eigenvalue weighted by atomic mass is 19.1. The summed E-state index contributed by atoms with van der Waals surface area (Å²) in [6.45, 7) is 0. The van der Waals surface area contributed by atoms with E-state index in [4.69, 9.17) is 4.42 Å². The van der Waals surface area contributed by atoms with Gasteiger partial charge in [0.05, 0.1) is 6.20 Å². The van der Waals surface area contributed by atoms with Crippen molar-refractivity contribution in [3.63, 3.8) is 0 Å². The number of aromatic nitrogens is 1. The highest BCUT2D eigenvalue weighted by Crippen LogP contribution is 2.16. The van der Waals surface area contributed by atoms with Crippen molar-refractivity contribution in [2.45, 2.75) is 0 Å². The molecular weight excluding hydrogens is 157 g/mol. The molecule has 0 N–H and O–H groups in total. The number of halogens is 1. The highest BCUT2D eigenvalue weighted by molar-refractivity contribution is 5.52. The van der Waals surface area contributed by atoms with Crippen LogP contribution in [0.15, 0.2) is 34.9 Å². The van der Waals surface area contributed by atoms with Crippen LogP contribution in [0.25, 0.3) is 11.5 Å². The van der Waals surface area contributed by atoms with Gasteiger partial charge in [-0.2, -0.15) is 0 Å². The second-order valence-electron chi connectivity index (χ2n) is 2.29. The predicted octanol–water partition coefficient (Wildman–Crippen LogP) is 2.28. The summed E-state index contributed by atoms with van der Waals surface area (Å²) in [5.74, 6) is 0.185. The van der Waals surface area contributed by atoms with Gasteiger partial charge in [0.25, 0.3) is 0 Å². The Bertz CT molecular complexity index is 353. The standard InChI is InChI=1S/C9H5FNO/c10-8-3-1-7(2-4-8)9-11-5-6-12-9/h1-5H. The fourth-order valence-corrected chi connectivity index (χ4v) is 0.919. The van der Waals surface area contributed by atoms with Crippen LogP contribution in [0.4, 0.5) is 4.39 Å². The Balaban J connectivity index is 2.43. The summed E-state index contributed by atoms with van der Waals surface area (Å²) in [4.78, 5) is 3.87. The number of oxazole rings is 1. The molecule has 0 aliphatic heterocycles. The Kier molecular flexibility index (Phi) is 1.63. The van der Waals surface area contributed by atoms with E-state index in [9.17, 15) is 4.39 Å². The van der Waals surface area contributed by atoms with Crippen molar-refractivity contribution in [1.82, 2.24) is 4.98 Å². The molecule has 3 heteroatoms. The van der Waals surface area contributed by atoms with Crippen molar-refractivity contribution in [3.8, 4) is 11.5 Å². The van der Waals surface area contributed by atoms with Crippen LogP contribution in [0.1, 0.15) is 0 Å². The maximum atomic E-state index is 12.5. The molecule has 0 bridgehead atoms. The number of nitrogens with zero attached hydrogens (tertiary/aromatic N) is 1. The second kappa shape index (κ2) is 2.77. The molecule has 2 rings (SSSR count). The first kappa shape index (κ1) is 7.03. The van der Waals surface area contributed by atoms with Crippen LogP contribution >= 0.6 is 0 Å². The van der Waals surface area contributed by atoms with Gasteiger partial charge in [0.1, 0.15) is 5.82 Å². The van der Waals surface area contributed by atoms with Gasteiger partial charge < -0.3 is 4.42 Å². The molecule has 0 atom stereocenters. The van der Waals surface area contributed by atoms with Crippen molar-refractivity contribution in [3.05, 3.63) is 42.5 Å². The molecule has 0 fully saturated rings. The molecule has 2 nitrogen and oxygen atoms in total. The van der Waals surface area contributed by atoms with Crippen LogP contribution in [-0.2, 0) is 0 Å². The highest BCUT2D eigenvalue weighted by Gasteiger charge is 2.00. The van der Waals surface area contributed by atoms with Crippen molar-refractivity contribution in [1.29, 1.82) is 0 Å². The van der Waals surface area contributed by atoms with Crippen molar-refractivity contribution in [2.24, 2.45) is 0 Å². The van der Waals surface area contributed by atoms with E-state index in [2.05, 4.69) is 11.2 Å². The van der Waals surface area contributed by atoms with Crippen LogP contribution in [0.3, 0.4) is 0 Å². The third-order valence-electron chi connectivity index (χ3n) is 1.48. The first-order chi connectivity index (χ1) is 5.86. The molecule has 1 aromatic carbocycles. The number of rotatable bonds is 1. The Morgan fingerprint density at radius 1 is 1.25 bits per heavy atom. The molecule has 1 aromatic heterocycles. The molecule has 2 aromatic rings. The topological polar surface area (TPSA) is 26.0 Å². The molecular formula is C9H5FNO. The van der Waals surface area contributed by atoms with E-state index < -0.39 is 0 Å². The Morgan fingerprint density at radius 3 is 2.58 bits per heavy atom. The van der Waals surface area contributed by atoms with Gasteiger partial charge in [-0.05, 0) is 24.3 Å². The third kappa shape index (κ3) is 1.21. The van der Waals surface area contributed by atoms with Crippen LogP contribution < -0.4 is 0 Å². The maximum Gasteiger partial charge on any atom is 0.226 e. The van der Waals surface area contributed by atoms with Crippen molar-refractivity contribution < 1.29 is 8.81 Å². The van der Waals surface area contributed by atoms with Gasteiger partial charge in [0.15, 0.2) is 6.26 Å². The Hall–Kier alpha value is -1.64. The van der Waals surface area contributed by atoms with Gasteiger partial charge in [-0.15, -0.1) is 0 Å². The van der Waals surface area contributed by atoms with E-state index >= 15 is 0 Å². The molecule has 1 radical (unpaired) electrons. The summed E-state index contributed by atoms with van der Waals surface area (Å²) in [7, 11) is 0. The van der Waals surface area contributed by atoms with Crippen LogP contribution in [0.2, 0.25) is 0 Å². The fraction of sp³-hybridized carbons (Fsp3) is 0. The summed E-state index contributed by atoms with van der Waals surface area (Å²) in [6, 6.07) is 5.93. The lowest BCUT2D eigenvalue weighted by Crippen LogP contribution is -1.77. The molecule has 12 heavy (non-hydrogen) atoms. The summed E-state index contributed by atoms with van der Waals surface area (Å²) in [5, 5.41) is 0. The zero-order valence-electron chi connectivity index (χ0n) is 6.12. The Morgan fingerprint density at radius 2 is 2.00 bits per heavy atom. The predicted molar refractivity (Wildman–Crippen MR) is 40.7 cm³/mol. The lowest BCUT2D eigenvalue weighted by atomic mass is 10.2. The normalized spacial score (nSPS) is 10.1. The van der Waals surface area contributed by atoms with Gasteiger partial charge >= 0.3 is 0 Å². The minimum Gasteiger partial charge on any atom is -0.433 e. The third-order valence-corrected chi connectivity index (χ3v) is 1.48. The summed E-state index contributed by atoms with van der Waals surface area (Å²) < 4.78 is 17.4. The van der Waals surface area contributed by atoms with E-state index in [1.54, 1.807) is 12.1 Å². The smallest absolute Gasteiger partial charge is 0.226 e. The number of benzene rings is 1. The molecule has 0 unspecified atom stereocenters. The first-order valence-electron chi connectivity index (χ1n) is 3.44. The van der Waals surface area contributed by atoms with E-state index in [0.29, 0.717) is 5.89 Å². The fourth-order valence-electron chi connectivity index (χ4n) is 0.919. The zero-order chi connectivity index (χ0) is 8.39. The van der Waals surface area contributed by atoms with E-state index in [1.807, 2.05) is 0 Å². The molecule has 0 spiro atoms. The summed E-state index contributed by atoms with van der Waals surface area (Å²) in [5.41, 5.74) is 0.748. The van der Waals surface area contributed by atoms with E-state index in [0.717, 1.165) is 5.56 Å². The quantitative estimate of drug-likeness (QED) is 0.642. The molecule has 0 amide bonds. The van der Waals surface area contributed by atoms with Crippen LogP contribution in [0, 0.1) is 12.1 Å². The molecule has 0 saturated heterocycles. The monoisotopic (exact) mass is 162 g/mol. The molecule has 0 aliphatic carbocycles. The Labute approximate surface area is 68.7 Å². The van der Waals surface area contributed by atoms with Gasteiger partial charge in [-0.25, -0.2) is 9.37 Å². The lowest BCUT2D eigenvalue weighted by Gasteiger charge is -1.92. The molecule has 1 heterocycles. The zero-order valence-corrected chi connectivity index (χ0v) is 6.12. The average Bonchev–Trinajstić information content (AvgIpc) is 2.58. The molecule has 0 saturated carbocycles. The first-order valence-corrected chi connectivity index (χ1v) is 3.44. The molecule has 59 valence electrons. The van der Waals surface area contributed by atoms with Gasteiger partial charge in [0, 0.05) is 5.56 Å². The maximum absolute atomic E-state index is 12.5. The minimum absolute atomic E-state index is 0.269. The number of hydrogen-bond acceptors (Lipinski definition) is 2. The molecule has 0 aliphatic rings. The second-order valence-corrected chi connectivity index (χ2v) is 2.29. The van der Waals surface area contributed by atoms with Crippen molar-refractivity contribution >= 4 is 0 Å². The van der Waals surface area contributed by atoms with Crippen LogP contribution in [-0.4, -0.2) is 4.98 Å². The van der Waals surface area contributed by atoms with E-state index in [-0.39, 0.29) is 5.82 Å². The largest absolute Gasteiger partial charge is 0.433 e. The van der Waals surface area contributed by atoms with Gasteiger partial charge in [0.2, 0.25) is 5.89 Å². The lowest BCUT2D eigenvalue weighted by molar-refractivity contribution is 0.565. The van der Waals surface area contributed by atoms with Crippen molar-refractivity contribution in [2.75, 3.05) is 0 Å². The summed E-state index contributed by atoms with van der Waals surface area (Å²) >= 11 is 0. The average molecular weight is 162 g/mol. The SMILES string of the molecule is Fc1ccc(-c2nc[c]o2)cc1. The van der Waals surface area contributed by atoms with Gasteiger partial charge in [-0.3, -0.25) is 0 Å². The number of hydrogen-bond donors (Lipinski definition) is 0. The van der Waals surface area contributed by atoms with E-state index in [1.165, 1.54) is 18.3 Å². The van der Waals surface area contributed by atoms with Crippen LogP contribution in [0.5, 0.6) is 0 Å². The minimum atomic E-state index is -0.269.